The van der Waals surface area contributed by atoms with Crippen LogP contribution in [0.3, 0.4) is 0 Å². The van der Waals surface area contributed by atoms with E-state index in [-0.39, 0.29) is 12.5 Å². The van der Waals surface area contributed by atoms with Gasteiger partial charge in [0.1, 0.15) is 10.7 Å². The van der Waals surface area contributed by atoms with E-state index in [0.29, 0.717) is 5.69 Å². The van der Waals surface area contributed by atoms with Crippen LogP contribution in [0.4, 0.5) is 0 Å². The minimum Gasteiger partial charge on any atom is -0.340 e. The molecule has 2 aromatic rings. The Morgan fingerprint density at radius 2 is 2.44 bits per heavy atom. The van der Waals surface area contributed by atoms with Gasteiger partial charge in [0.2, 0.25) is 0 Å². The van der Waals surface area contributed by atoms with Crippen LogP contribution in [0.5, 0.6) is 0 Å². The van der Waals surface area contributed by atoms with Crippen LogP contribution in [0, 0.1) is 12.3 Å². The number of hydrogen-bond acceptors (Lipinski definition) is 4. The summed E-state index contributed by atoms with van der Waals surface area (Å²) in [5.41, 5.74) is 1.47. The molecule has 0 atom stereocenters. The van der Waals surface area contributed by atoms with E-state index < -0.39 is 0 Å². The average molecular weight is 248 g/mol. The van der Waals surface area contributed by atoms with Crippen LogP contribution in [0.15, 0.2) is 22.2 Å². The van der Waals surface area contributed by atoms with Gasteiger partial charge in [-0.1, -0.05) is 5.92 Å². The highest BCUT2D eigenvalue weighted by Gasteiger charge is 2.10. The van der Waals surface area contributed by atoms with Crippen LogP contribution in [0.2, 0.25) is 0 Å². The first-order valence-electron chi connectivity index (χ1n) is 4.51. The molecular weight excluding hydrogens is 240 g/mol. The second-order valence-corrected chi connectivity index (χ2v) is 4.57. The summed E-state index contributed by atoms with van der Waals surface area (Å²) in [6.45, 7) is 0.226. The number of amides is 1. The van der Waals surface area contributed by atoms with Gasteiger partial charge in [-0.3, -0.25) is 4.79 Å². The molecule has 0 saturated carbocycles. The molecule has 16 heavy (non-hydrogen) atoms. The van der Waals surface area contributed by atoms with Gasteiger partial charge in [-0.25, -0.2) is 4.98 Å². The van der Waals surface area contributed by atoms with E-state index in [1.165, 1.54) is 11.3 Å². The van der Waals surface area contributed by atoms with Crippen molar-refractivity contribution >= 4 is 28.6 Å². The summed E-state index contributed by atoms with van der Waals surface area (Å²) >= 11 is 3.06. The molecule has 0 saturated heterocycles. The van der Waals surface area contributed by atoms with Gasteiger partial charge in [0.15, 0.2) is 0 Å². The van der Waals surface area contributed by atoms with Crippen LogP contribution in [-0.2, 0) is 0 Å². The number of nitrogens with zero attached hydrogens (tertiary/aromatic N) is 1. The van der Waals surface area contributed by atoms with E-state index in [0.717, 1.165) is 10.6 Å². The van der Waals surface area contributed by atoms with E-state index in [4.69, 9.17) is 6.42 Å². The van der Waals surface area contributed by atoms with Crippen LogP contribution < -0.4 is 5.32 Å². The van der Waals surface area contributed by atoms with Gasteiger partial charge in [0.25, 0.3) is 5.91 Å². The van der Waals surface area contributed by atoms with E-state index >= 15 is 0 Å². The Morgan fingerprint density at radius 3 is 3.12 bits per heavy atom. The van der Waals surface area contributed by atoms with Crippen LogP contribution in [0.25, 0.3) is 10.6 Å². The highest BCUT2D eigenvalue weighted by molar-refractivity contribution is 7.14. The van der Waals surface area contributed by atoms with E-state index in [2.05, 4.69) is 16.2 Å². The monoisotopic (exact) mass is 248 g/mol. The fourth-order valence-electron chi connectivity index (χ4n) is 1.12. The fraction of sp³-hybridized carbons (Fsp3) is 0.0909. The zero-order chi connectivity index (χ0) is 11.4. The lowest BCUT2D eigenvalue weighted by Gasteiger charge is -1.95. The molecule has 0 aliphatic carbocycles. The van der Waals surface area contributed by atoms with Crippen molar-refractivity contribution < 1.29 is 4.79 Å². The first kappa shape index (κ1) is 10.9. The summed E-state index contributed by atoms with van der Waals surface area (Å²) in [7, 11) is 0. The Bertz CT molecular complexity index is 522. The Hall–Kier alpha value is -1.64. The number of carbonyl (C=O) groups excluding carboxylic acids is 1. The summed E-state index contributed by atoms with van der Waals surface area (Å²) in [5.74, 6) is 2.12. The lowest BCUT2D eigenvalue weighted by atomic mass is 10.3. The molecule has 80 valence electrons. The molecule has 0 aromatic carbocycles. The second-order valence-electron chi connectivity index (χ2n) is 2.94. The molecule has 0 unspecified atom stereocenters. The zero-order valence-electron chi connectivity index (χ0n) is 8.27. The predicted molar refractivity (Wildman–Crippen MR) is 66.6 cm³/mol. The summed E-state index contributed by atoms with van der Waals surface area (Å²) in [6, 6.07) is 1.98. The molecule has 3 nitrogen and oxygen atoms in total. The van der Waals surface area contributed by atoms with Crippen molar-refractivity contribution in [1.29, 1.82) is 0 Å². The molecule has 0 aliphatic rings. The molecule has 0 spiro atoms. The molecule has 1 amide bonds. The summed E-state index contributed by atoms with van der Waals surface area (Å²) in [4.78, 5) is 15.8. The highest BCUT2D eigenvalue weighted by atomic mass is 32.1. The number of hydrogen-bond donors (Lipinski definition) is 1. The standard InChI is InChI=1S/C11H8N2OS2/c1-2-4-12-10(14)9-7-16-11(13-9)8-3-5-15-6-8/h1,3,5-7H,4H2,(H,12,14). The molecular formula is C11H8N2OS2. The van der Waals surface area contributed by atoms with Gasteiger partial charge in [-0.2, -0.15) is 11.3 Å². The topological polar surface area (TPSA) is 42.0 Å². The Kier molecular flexibility index (Phi) is 3.34. The predicted octanol–water partition coefficient (Wildman–Crippen LogP) is 2.23. The van der Waals surface area contributed by atoms with Crippen molar-refractivity contribution in [3.05, 3.63) is 27.9 Å². The number of thiazole rings is 1. The molecule has 0 bridgehead atoms. The first-order chi connectivity index (χ1) is 7.81. The van der Waals surface area contributed by atoms with Crippen molar-refractivity contribution in [1.82, 2.24) is 10.3 Å². The van der Waals surface area contributed by atoms with Gasteiger partial charge >= 0.3 is 0 Å². The maximum absolute atomic E-state index is 11.5. The fourth-order valence-corrected chi connectivity index (χ4v) is 2.63. The summed E-state index contributed by atoms with van der Waals surface area (Å²) in [5, 5.41) is 9.15. The van der Waals surface area contributed by atoms with Crippen molar-refractivity contribution in [2.75, 3.05) is 6.54 Å². The molecule has 1 N–H and O–H groups in total. The van der Waals surface area contributed by atoms with Gasteiger partial charge in [-0.05, 0) is 11.4 Å². The molecule has 2 aromatic heterocycles. The number of nitrogens with one attached hydrogen (secondary N) is 1. The van der Waals surface area contributed by atoms with Gasteiger partial charge in [-0.15, -0.1) is 17.8 Å². The highest BCUT2D eigenvalue weighted by Crippen LogP contribution is 2.25. The molecule has 2 rings (SSSR count). The maximum atomic E-state index is 11.5. The number of aromatic nitrogens is 1. The van der Waals surface area contributed by atoms with E-state index in [1.54, 1.807) is 16.7 Å². The van der Waals surface area contributed by atoms with Crippen molar-refractivity contribution in [2.24, 2.45) is 0 Å². The normalized spacial score (nSPS) is 9.69. The lowest BCUT2D eigenvalue weighted by Crippen LogP contribution is -2.23. The molecule has 0 fully saturated rings. The van der Waals surface area contributed by atoms with E-state index in [1.807, 2.05) is 16.8 Å². The van der Waals surface area contributed by atoms with Crippen LogP contribution >= 0.6 is 22.7 Å². The summed E-state index contributed by atoms with van der Waals surface area (Å²) in [6.07, 6.45) is 5.06. The molecule has 2 heterocycles. The third-order valence-corrected chi connectivity index (χ3v) is 3.43. The smallest absolute Gasteiger partial charge is 0.271 e. The van der Waals surface area contributed by atoms with Gasteiger partial charge < -0.3 is 5.32 Å². The van der Waals surface area contributed by atoms with E-state index in [9.17, 15) is 4.79 Å². The Labute approximate surface area is 101 Å². The molecule has 0 radical (unpaired) electrons. The Morgan fingerprint density at radius 1 is 1.56 bits per heavy atom. The number of thiophene rings is 1. The number of terminal acetylenes is 1. The third-order valence-electron chi connectivity index (χ3n) is 1.86. The Balaban J connectivity index is 2.14. The second kappa shape index (κ2) is 4.92. The van der Waals surface area contributed by atoms with Crippen LogP contribution in [-0.4, -0.2) is 17.4 Å². The number of carbonyl (C=O) groups is 1. The van der Waals surface area contributed by atoms with Crippen molar-refractivity contribution in [2.45, 2.75) is 0 Å². The molecule has 0 aliphatic heterocycles. The minimum atomic E-state index is -0.226. The minimum absolute atomic E-state index is 0.226. The lowest BCUT2D eigenvalue weighted by molar-refractivity contribution is 0.0954. The largest absolute Gasteiger partial charge is 0.340 e. The first-order valence-corrected chi connectivity index (χ1v) is 6.33. The summed E-state index contributed by atoms with van der Waals surface area (Å²) < 4.78 is 0. The maximum Gasteiger partial charge on any atom is 0.271 e. The SMILES string of the molecule is C#CCNC(=O)c1csc(-c2ccsc2)n1. The van der Waals surface area contributed by atoms with Crippen molar-refractivity contribution in [3.8, 4) is 22.9 Å². The quantitative estimate of drug-likeness (QED) is 0.846. The van der Waals surface area contributed by atoms with Crippen LogP contribution in [0.1, 0.15) is 10.5 Å². The van der Waals surface area contributed by atoms with Crippen molar-refractivity contribution in [3.63, 3.8) is 0 Å². The average Bonchev–Trinajstić information content (AvgIpc) is 2.94. The number of rotatable bonds is 3. The zero-order valence-corrected chi connectivity index (χ0v) is 9.90. The van der Waals surface area contributed by atoms with Gasteiger partial charge in [0.05, 0.1) is 6.54 Å². The molecule has 5 heteroatoms. The third kappa shape index (κ3) is 2.30. The van der Waals surface area contributed by atoms with Gasteiger partial charge in [0, 0.05) is 16.3 Å².